The second kappa shape index (κ2) is 11.5. The monoisotopic (exact) mass is 578 g/mol. The van der Waals surface area contributed by atoms with Crippen LogP contribution in [0.25, 0.3) is 10.9 Å². The van der Waals surface area contributed by atoms with E-state index in [1.807, 2.05) is 19.1 Å². The summed E-state index contributed by atoms with van der Waals surface area (Å²) in [7, 11) is -0.293. The highest BCUT2D eigenvalue weighted by molar-refractivity contribution is 7.98. The van der Waals surface area contributed by atoms with E-state index in [9.17, 15) is 13.9 Å². The molecule has 0 saturated heterocycles. The SMILES string of the molecule is COc1ccc(CSc2c(Oc3ccc(F)c(C#N)c3)c(F)c(F)c3c2ccn3S(=O)c2ccc(C)cc2)cc1. The van der Waals surface area contributed by atoms with Gasteiger partial charge in [0.15, 0.2) is 22.6 Å². The van der Waals surface area contributed by atoms with Gasteiger partial charge < -0.3 is 9.47 Å². The number of nitrogens with zero attached hydrogens (tertiary/aromatic N) is 2. The van der Waals surface area contributed by atoms with Crippen LogP contribution in [0.4, 0.5) is 13.2 Å². The van der Waals surface area contributed by atoms with E-state index in [4.69, 9.17) is 9.47 Å². The molecule has 1 aromatic heterocycles. The molecule has 0 aliphatic carbocycles. The Balaban J connectivity index is 1.63. The first-order chi connectivity index (χ1) is 19.3. The third-order valence-electron chi connectivity index (χ3n) is 6.12. The smallest absolute Gasteiger partial charge is 0.204 e. The Labute approximate surface area is 235 Å². The molecule has 0 spiro atoms. The van der Waals surface area contributed by atoms with Gasteiger partial charge >= 0.3 is 0 Å². The molecule has 4 aromatic carbocycles. The molecule has 5 aromatic rings. The van der Waals surface area contributed by atoms with E-state index in [1.165, 1.54) is 28.0 Å². The van der Waals surface area contributed by atoms with Gasteiger partial charge in [0, 0.05) is 23.4 Å². The zero-order valence-electron chi connectivity index (χ0n) is 21.3. The maximum atomic E-state index is 15.8. The minimum Gasteiger partial charge on any atom is -0.497 e. The molecule has 1 heterocycles. The summed E-state index contributed by atoms with van der Waals surface area (Å²) in [6, 6.07) is 20.8. The van der Waals surface area contributed by atoms with Crippen LogP contribution in [0.15, 0.2) is 88.8 Å². The van der Waals surface area contributed by atoms with Gasteiger partial charge in [0.25, 0.3) is 0 Å². The molecule has 0 bridgehead atoms. The van der Waals surface area contributed by atoms with Gasteiger partial charge in [-0.2, -0.15) is 9.65 Å². The van der Waals surface area contributed by atoms with Crippen LogP contribution in [-0.4, -0.2) is 15.3 Å². The van der Waals surface area contributed by atoms with Crippen molar-refractivity contribution in [1.82, 2.24) is 3.97 Å². The molecule has 0 aliphatic heterocycles. The van der Waals surface area contributed by atoms with Gasteiger partial charge in [-0.3, -0.25) is 3.97 Å². The molecule has 5 rings (SSSR count). The van der Waals surface area contributed by atoms with Crippen LogP contribution in [0, 0.1) is 35.7 Å². The Morgan fingerprint density at radius 3 is 2.33 bits per heavy atom. The van der Waals surface area contributed by atoms with Crippen LogP contribution in [0.1, 0.15) is 16.7 Å². The van der Waals surface area contributed by atoms with Gasteiger partial charge in [-0.05, 0) is 55.0 Å². The lowest BCUT2D eigenvalue weighted by Gasteiger charge is -2.16. The number of thioether (sulfide) groups is 1. The number of nitriles is 1. The topological polar surface area (TPSA) is 64.2 Å². The Hall–Kier alpha value is -4.20. The minimum absolute atomic E-state index is 0.0374. The molecule has 0 aliphatic rings. The molecular weight excluding hydrogens is 557 g/mol. The molecule has 0 fully saturated rings. The quantitative estimate of drug-likeness (QED) is 0.175. The van der Waals surface area contributed by atoms with Gasteiger partial charge in [-0.25, -0.2) is 13.0 Å². The van der Waals surface area contributed by atoms with Gasteiger partial charge in [0.2, 0.25) is 5.82 Å². The van der Waals surface area contributed by atoms with Gasteiger partial charge in [-0.15, -0.1) is 11.8 Å². The highest BCUT2D eigenvalue weighted by atomic mass is 32.2. The fourth-order valence-corrected chi connectivity index (χ4v) is 6.23. The van der Waals surface area contributed by atoms with Crippen LogP contribution in [-0.2, 0) is 16.7 Å². The van der Waals surface area contributed by atoms with E-state index in [2.05, 4.69) is 0 Å². The molecule has 0 N–H and O–H groups in total. The van der Waals surface area contributed by atoms with Crippen LogP contribution in [0.2, 0.25) is 0 Å². The predicted octanol–water partition coefficient (Wildman–Crippen LogP) is 7.90. The number of aryl methyl sites for hydroxylation is 1. The number of hydrogen-bond donors (Lipinski definition) is 0. The summed E-state index contributed by atoms with van der Waals surface area (Å²) in [5.41, 5.74) is 1.37. The van der Waals surface area contributed by atoms with Crippen molar-refractivity contribution in [2.45, 2.75) is 22.5 Å². The summed E-state index contributed by atoms with van der Waals surface area (Å²) in [5.74, 6) is -2.72. The van der Waals surface area contributed by atoms with E-state index >= 15 is 8.78 Å². The summed E-state index contributed by atoms with van der Waals surface area (Å²) >= 11 is 1.20. The Kier molecular flexibility index (Phi) is 7.87. The van der Waals surface area contributed by atoms with Crippen molar-refractivity contribution in [3.8, 4) is 23.3 Å². The standard InChI is InChI=1S/C30H21F3N2O3S2/c1-18-3-10-23(11-4-18)40(36)35-14-13-24-28(35)26(32)27(33)29(38-22-9-12-25(31)20(15-22)16-34)30(24)39-17-19-5-7-21(37-2)8-6-19/h3-15H,17H2,1-2H3. The van der Waals surface area contributed by atoms with Crippen molar-refractivity contribution in [2.24, 2.45) is 0 Å². The third-order valence-corrected chi connectivity index (χ3v) is 8.63. The van der Waals surface area contributed by atoms with Crippen LogP contribution < -0.4 is 9.47 Å². The summed E-state index contributed by atoms with van der Waals surface area (Å²) in [5, 5.41) is 9.48. The Morgan fingerprint density at radius 1 is 0.950 bits per heavy atom. The third kappa shape index (κ3) is 5.30. The zero-order chi connectivity index (χ0) is 28.4. The number of ether oxygens (including phenoxy) is 2. The minimum atomic E-state index is -1.85. The molecule has 202 valence electrons. The first kappa shape index (κ1) is 27.4. The van der Waals surface area contributed by atoms with Gasteiger partial charge in [0.05, 0.1) is 22.5 Å². The van der Waals surface area contributed by atoms with E-state index in [0.29, 0.717) is 16.4 Å². The van der Waals surface area contributed by atoms with Crippen molar-refractivity contribution in [3.63, 3.8) is 0 Å². The molecule has 0 amide bonds. The summed E-state index contributed by atoms with van der Waals surface area (Å²) in [6.07, 6.45) is 1.44. The lowest BCUT2D eigenvalue weighted by atomic mass is 10.2. The van der Waals surface area contributed by atoms with Crippen molar-refractivity contribution in [1.29, 1.82) is 5.26 Å². The van der Waals surface area contributed by atoms with E-state index in [0.717, 1.165) is 23.3 Å². The summed E-state index contributed by atoms with van der Waals surface area (Å²) in [6.45, 7) is 1.89. The Morgan fingerprint density at radius 2 is 1.65 bits per heavy atom. The lowest BCUT2D eigenvalue weighted by molar-refractivity contribution is 0.409. The number of hydrogen-bond acceptors (Lipinski definition) is 5. The molecule has 1 atom stereocenters. The maximum absolute atomic E-state index is 15.8. The van der Waals surface area contributed by atoms with E-state index < -0.39 is 34.2 Å². The number of rotatable bonds is 8. The highest BCUT2D eigenvalue weighted by Crippen LogP contribution is 2.44. The van der Waals surface area contributed by atoms with Crippen molar-refractivity contribution >= 4 is 33.7 Å². The first-order valence-corrected chi connectivity index (χ1v) is 14.0. The van der Waals surface area contributed by atoms with E-state index in [1.54, 1.807) is 55.6 Å². The van der Waals surface area contributed by atoms with Gasteiger partial charge in [0.1, 0.15) is 28.9 Å². The lowest BCUT2D eigenvalue weighted by Crippen LogP contribution is -2.06. The second-order valence-corrected chi connectivity index (χ2v) is 11.1. The number of benzene rings is 4. The molecule has 5 nitrogen and oxygen atoms in total. The summed E-state index contributed by atoms with van der Waals surface area (Å²) < 4.78 is 70.9. The molecule has 0 saturated carbocycles. The molecule has 10 heteroatoms. The molecular formula is C30H21F3N2O3S2. The largest absolute Gasteiger partial charge is 0.497 e. The summed E-state index contributed by atoms with van der Waals surface area (Å²) in [4.78, 5) is 0.679. The van der Waals surface area contributed by atoms with Crippen LogP contribution >= 0.6 is 11.8 Å². The number of halogens is 3. The Bertz CT molecular complexity index is 1780. The van der Waals surface area contributed by atoms with E-state index in [-0.39, 0.29) is 27.1 Å². The van der Waals surface area contributed by atoms with Crippen LogP contribution in [0.3, 0.4) is 0 Å². The number of fused-ring (bicyclic) bond motifs is 1. The number of methoxy groups -OCH3 is 1. The zero-order valence-corrected chi connectivity index (χ0v) is 22.9. The van der Waals surface area contributed by atoms with Crippen LogP contribution in [0.5, 0.6) is 17.2 Å². The van der Waals surface area contributed by atoms with Gasteiger partial charge in [-0.1, -0.05) is 29.8 Å². The normalized spacial score (nSPS) is 11.8. The van der Waals surface area contributed by atoms with Crippen molar-refractivity contribution in [2.75, 3.05) is 7.11 Å². The predicted molar refractivity (Wildman–Crippen MR) is 149 cm³/mol. The van der Waals surface area contributed by atoms with Crippen molar-refractivity contribution < 1.29 is 26.9 Å². The average Bonchev–Trinajstić information content (AvgIpc) is 3.42. The molecule has 1 unspecified atom stereocenters. The highest BCUT2D eigenvalue weighted by Gasteiger charge is 2.27. The van der Waals surface area contributed by atoms with Crippen molar-refractivity contribution in [3.05, 3.63) is 113 Å². The maximum Gasteiger partial charge on any atom is 0.204 e. The molecule has 40 heavy (non-hydrogen) atoms. The first-order valence-electron chi connectivity index (χ1n) is 11.9. The second-order valence-electron chi connectivity index (χ2n) is 8.74. The fraction of sp³-hybridized carbons (Fsp3) is 0.100. The fourth-order valence-electron chi connectivity index (χ4n) is 4.03. The molecule has 0 radical (unpaired) electrons. The average molecular weight is 579 g/mol. The number of aromatic nitrogens is 1.